The van der Waals surface area contributed by atoms with Gasteiger partial charge in [-0.2, -0.15) is 0 Å². The first-order valence-electron chi connectivity index (χ1n) is 14.4. The second kappa shape index (κ2) is 14.5. The summed E-state index contributed by atoms with van der Waals surface area (Å²) < 4.78 is 30.1. The number of aromatic nitrogens is 1. The van der Waals surface area contributed by atoms with Crippen LogP contribution < -0.4 is 33.8 Å². The molecule has 46 heavy (non-hydrogen) atoms. The van der Waals surface area contributed by atoms with Crippen molar-refractivity contribution in [3.63, 3.8) is 0 Å². The molecule has 4 aromatic rings. The highest BCUT2D eigenvalue weighted by Crippen LogP contribution is 2.38. The van der Waals surface area contributed by atoms with Gasteiger partial charge in [-0.05, 0) is 79.9 Å². The van der Waals surface area contributed by atoms with Crippen molar-refractivity contribution >= 4 is 46.6 Å². The normalized spacial score (nSPS) is 14.4. The van der Waals surface area contributed by atoms with E-state index in [0.717, 1.165) is 5.56 Å². The number of ether oxygens (including phenoxy) is 5. The minimum absolute atomic E-state index is 0.168. The van der Waals surface area contributed by atoms with Crippen LogP contribution in [0.5, 0.6) is 23.0 Å². The van der Waals surface area contributed by atoms with E-state index in [0.29, 0.717) is 65.8 Å². The lowest BCUT2D eigenvalue weighted by Gasteiger charge is -2.25. The second-order valence-electron chi connectivity index (χ2n) is 10.1. The fourth-order valence-electron chi connectivity index (χ4n) is 5.09. The quantitative estimate of drug-likeness (QED) is 0.176. The fourth-order valence-corrected chi connectivity index (χ4v) is 6.54. The predicted molar refractivity (Wildman–Crippen MR) is 178 cm³/mol. The molecule has 0 saturated carbocycles. The van der Waals surface area contributed by atoms with Gasteiger partial charge in [-0.15, -0.1) is 0 Å². The maximum atomic E-state index is 14.1. The summed E-state index contributed by atoms with van der Waals surface area (Å²) in [6.07, 6.45) is 1.72. The van der Waals surface area contributed by atoms with Gasteiger partial charge in [0.2, 0.25) is 0 Å². The van der Waals surface area contributed by atoms with Crippen LogP contribution in [-0.2, 0) is 16.1 Å². The molecule has 1 aliphatic heterocycles. The van der Waals surface area contributed by atoms with Gasteiger partial charge in [0.05, 0.1) is 54.3 Å². The monoisotopic (exact) mass is 682 g/mol. The molecule has 0 saturated heterocycles. The molecule has 0 fully saturated rings. The molecule has 0 unspecified atom stereocenters. The van der Waals surface area contributed by atoms with Crippen LogP contribution in [0.4, 0.5) is 0 Å². The zero-order valence-electron chi connectivity index (χ0n) is 25.9. The van der Waals surface area contributed by atoms with Crippen molar-refractivity contribution in [3.8, 4) is 23.0 Å². The Morgan fingerprint density at radius 3 is 2.37 bits per heavy atom. The summed E-state index contributed by atoms with van der Waals surface area (Å²) in [5.41, 5.74) is 2.55. The van der Waals surface area contributed by atoms with Crippen LogP contribution in [0.15, 0.2) is 75.7 Å². The highest BCUT2D eigenvalue weighted by atomic mass is 35.5. The third-order valence-electron chi connectivity index (χ3n) is 7.17. The number of hydrogen-bond donors (Lipinski definition) is 0. The van der Waals surface area contributed by atoms with Crippen molar-refractivity contribution in [1.82, 2.24) is 4.57 Å². The number of hydrogen-bond acceptors (Lipinski definition) is 9. The maximum absolute atomic E-state index is 14.1. The molecule has 1 atom stereocenters. The summed E-state index contributed by atoms with van der Waals surface area (Å²) in [5, 5.41) is 0.955. The van der Waals surface area contributed by atoms with Crippen molar-refractivity contribution in [2.24, 2.45) is 4.99 Å². The Morgan fingerprint density at radius 2 is 1.70 bits per heavy atom. The average Bonchev–Trinajstić information content (AvgIpc) is 3.34. The number of halogens is 2. The molecule has 0 spiro atoms. The number of fused-ring (bicyclic) bond motifs is 1. The van der Waals surface area contributed by atoms with E-state index in [1.54, 1.807) is 62.4 Å². The first-order chi connectivity index (χ1) is 22.2. The summed E-state index contributed by atoms with van der Waals surface area (Å²) in [7, 11) is 3.06. The minimum atomic E-state index is -0.816. The number of carbonyl (C=O) groups excluding carboxylic acids is 1. The molecular weight excluding hydrogens is 651 g/mol. The van der Waals surface area contributed by atoms with Gasteiger partial charge in [0.25, 0.3) is 5.56 Å². The van der Waals surface area contributed by atoms with Gasteiger partial charge in [0.15, 0.2) is 27.8 Å². The molecule has 1 aliphatic rings. The molecule has 12 heteroatoms. The van der Waals surface area contributed by atoms with E-state index in [1.807, 2.05) is 19.1 Å². The molecule has 0 radical (unpaired) electrons. The van der Waals surface area contributed by atoms with Crippen LogP contribution >= 0.6 is 34.5 Å². The summed E-state index contributed by atoms with van der Waals surface area (Å²) >= 11 is 13.9. The van der Waals surface area contributed by atoms with Gasteiger partial charge in [0.1, 0.15) is 6.61 Å². The molecule has 5 rings (SSSR count). The SMILES string of the molecule is CCOC(=O)C1=C(C)N=c2s/c(=C\c3cc(Cl)c(OCc4ccc(Cl)cc4)c(OCC)c3)c(=O)n2[C@@H]1c1ccc(OC)c(OC)c1. The van der Waals surface area contributed by atoms with Gasteiger partial charge >= 0.3 is 5.97 Å². The van der Waals surface area contributed by atoms with Gasteiger partial charge in [-0.1, -0.05) is 52.7 Å². The Bertz CT molecular complexity index is 1980. The van der Waals surface area contributed by atoms with Gasteiger partial charge < -0.3 is 23.7 Å². The number of carbonyl (C=O) groups is 1. The zero-order valence-corrected chi connectivity index (χ0v) is 28.2. The smallest absolute Gasteiger partial charge is 0.338 e. The van der Waals surface area contributed by atoms with Crippen molar-refractivity contribution in [2.75, 3.05) is 27.4 Å². The molecule has 1 aromatic heterocycles. The van der Waals surface area contributed by atoms with Crippen LogP contribution in [-0.4, -0.2) is 38.0 Å². The Kier molecular flexibility index (Phi) is 10.4. The summed E-state index contributed by atoms with van der Waals surface area (Å²) in [6, 6.07) is 15.2. The largest absolute Gasteiger partial charge is 0.493 e. The molecule has 9 nitrogen and oxygen atoms in total. The van der Waals surface area contributed by atoms with E-state index < -0.39 is 12.0 Å². The average molecular weight is 684 g/mol. The number of methoxy groups -OCH3 is 2. The Morgan fingerprint density at radius 1 is 0.957 bits per heavy atom. The highest BCUT2D eigenvalue weighted by molar-refractivity contribution is 7.07. The van der Waals surface area contributed by atoms with E-state index in [9.17, 15) is 9.59 Å². The van der Waals surface area contributed by atoms with Gasteiger partial charge in [0, 0.05) is 5.02 Å². The van der Waals surface area contributed by atoms with Crippen molar-refractivity contribution < 1.29 is 28.5 Å². The van der Waals surface area contributed by atoms with E-state index >= 15 is 0 Å². The third kappa shape index (κ3) is 6.79. The second-order valence-corrected chi connectivity index (χ2v) is 11.9. The van der Waals surface area contributed by atoms with Gasteiger partial charge in [-0.3, -0.25) is 9.36 Å². The molecule has 240 valence electrons. The molecule has 0 bridgehead atoms. The first-order valence-corrected chi connectivity index (χ1v) is 16.0. The van der Waals surface area contributed by atoms with Crippen LogP contribution in [0.25, 0.3) is 6.08 Å². The Labute approximate surface area is 279 Å². The predicted octanol–water partition coefficient (Wildman–Crippen LogP) is 6.10. The lowest BCUT2D eigenvalue weighted by molar-refractivity contribution is -0.139. The van der Waals surface area contributed by atoms with E-state index in [4.69, 9.17) is 46.9 Å². The summed E-state index contributed by atoms with van der Waals surface area (Å²) in [6.45, 7) is 6.12. The number of nitrogens with zero attached hydrogens (tertiary/aromatic N) is 2. The lowest BCUT2D eigenvalue weighted by Crippen LogP contribution is -2.40. The fraction of sp³-hybridized carbons (Fsp3) is 0.265. The molecular formula is C34H32Cl2N2O7S. The van der Waals surface area contributed by atoms with Crippen molar-refractivity contribution in [3.05, 3.63) is 112 Å². The number of thiazole rings is 1. The Hall–Kier alpha value is -4.25. The number of allylic oxidation sites excluding steroid dienone is 1. The topological polar surface area (TPSA) is 97.6 Å². The van der Waals surface area contributed by atoms with Crippen molar-refractivity contribution in [2.45, 2.75) is 33.4 Å². The number of rotatable bonds is 11. The standard InChI is InChI=1S/C34H32Cl2N2O7S/c1-6-43-27-15-21(14-24(36)31(27)45-18-20-8-11-23(35)12-9-20)16-28-32(39)38-30(22-10-13-25(41-4)26(17-22)42-5)29(33(40)44-7-2)19(3)37-34(38)46-28/h8-17,30H,6-7,18H2,1-5H3/b28-16-/t30-/m1/s1. The van der Waals surface area contributed by atoms with E-state index in [-0.39, 0.29) is 24.3 Å². The van der Waals surface area contributed by atoms with Crippen molar-refractivity contribution in [1.29, 1.82) is 0 Å². The van der Waals surface area contributed by atoms with Crippen LogP contribution in [0.3, 0.4) is 0 Å². The molecule has 0 amide bonds. The number of benzene rings is 3. The molecule has 2 heterocycles. The van der Waals surface area contributed by atoms with Crippen LogP contribution in [0.2, 0.25) is 10.0 Å². The zero-order chi connectivity index (χ0) is 33.0. The summed E-state index contributed by atoms with van der Waals surface area (Å²) in [5.74, 6) is 1.24. The maximum Gasteiger partial charge on any atom is 0.338 e. The van der Waals surface area contributed by atoms with E-state index in [1.165, 1.54) is 30.1 Å². The molecule has 3 aromatic carbocycles. The highest BCUT2D eigenvalue weighted by Gasteiger charge is 2.34. The van der Waals surface area contributed by atoms with Crippen LogP contribution in [0, 0.1) is 0 Å². The molecule has 0 aliphatic carbocycles. The Balaban J connectivity index is 1.60. The molecule has 0 N–H and O–H groups in total. The van der Waals surface area contributed by atoms with Gasteiger partial charge in [-0.25, -0.2) is 9.79 Å². The summed E-state index contributed by atoms with van der Waals surface area (Å²) in [4.78, 5) is 32.4. The van der Waals surface area contributed by atoms with E-state index in [2.05, 4.69) is 4.99 Å². The third-order valence-corrected chi connectivity index (χ3v) is 8.68. The first kappa shape index (κ1) is 33.1. The number of esters is 1. The lowest BCUT2D eigenvalue weighted by atomic mass is 9.95. The minimum Gasteiger partial charge on any atom is -0.493 e. The van der Waals surface area contributed by atoms with Crippen LogP contribution in [0.1, 0.15) is 43.5 Å².